The predicted molar refractivity (Wildman–Crippen MR) is 104 cm³/mol. The van der Waals surface area contributed by atoms with Gasteiger partial charge in [0.1, 0.15) is 5.65 Å². The lowest BCUT2D eigenvalue weighted by Crippen LogP contribution is -2.14. The van der Waals surface area contributed by atoms with Crippen molar-refractivity contribution in [1.29, 1.82) is 0 Å². The van der Waals surface area contributed by atoms with E-state index in [1.807, 2.05) is 30.3 Å². The topological polar surface area (TPSA) is 78.0 Å². The van der Waals surface area contributed by atoms with E-state index < -0.39 is 0 Å². The number of hydrogen-bond acceptors (Lipinski definition) is 6. The molecule has 0 N–H and O–H groups in total. The first-order valence-corrected chi connectivity index (χ1v) is 9.59. The van der Waals surface area contributed by atoms with Crippen LogP contribution in [0, 0.1) is 0 Å². The van der Waals surface area contributed by atoms with E-state index in [-0.39, 0.29) is 5.56 Å². The molecule has 136 valence electrons. The fourth-order valence-electron chi connectivity index (χ4n) is 2.75. The van der Waals surface area contributed by atoms with Crippen LogP contribution in [-0.2, 0) is 5.75 Å². The fraction of sp³-hybridized carbons (Fsp3) is 0.211. The Hall–Kier alpha value is -3.00. The summed E-state index contributed by atoms with van der Waals surface area (Å²) in [6.07, 6.45) is 1.71. The molecule has 0 aliphatic carbocycles. The summed E-state index contributed by atoms with van der Waals surface area (Å²) in [7, 11) is 0. The van der Waals surface area contributed by atoms with E-state index in [9.17, 15) is 4.79 Å². The fourth-order valence-corrected chi connectivity index (χ4v) is 3.53. The van der Waals surface area contributed by atoms with Crippen molar-refractivity contribution in [1.82, 2.24) is 29.6 Å². The Balaban J connectivity index is 1.56. The normalized spacial score (nSPS) is 11.4. The van der Waals surface area contributed by atoms with Crippen molar-refractivity contribution in [2.75, 3.05) is 0 Å². The van der Waals surface area contributed by atoms with Crippen LogP contribution in [0.1, 0.15) is 31.0 Å². The molecule has 0 fully saturated rings. The van der Waals surface area contributed by atoms with Gasteiger partial charge in [-0.3, -0.25) is 9.20 Å². The van der Waals surface area contributed by atoms with Crippen LogP contribution >= 0.6 is 11.8 Å². The largest absolute Gasteiger partial charge is 0.269 e. The molecule has 1 aromatic carbocycles. The van der Waals surface area contributed by atoms with Gasteiger partial charge in [0.25, 0.3) is 5.56 Å². The number of tetrazole rings is 1. The SMILES string of the molecule is CC(C)c1ccc(-n2nnnc2SCc2cc(=O)n3ccccc3n2)cc1. The van der Waals surface area contributed by atoms with Gasteiger partial charge < -0.3 is 0 Å². The molecule has 0 saturated heterocycles. The minimum absolute atomic E-state index is 0.0972. The summed E-state index contributed by atoms with van der Waals surface area (Å²) >= 11 is 1.45. The molecule has 3 heterocycles. The lowest BCUT2D eigenvalue weighted by molar-refractivity contribution is 0.754. The molecular weight excluding hydrogens is 360 g/mol. The number of aromatic nitrogens is 6. The van der Waals surface area contributed by atoms with Crippen molar-refractivity contribution >= 4 is 17.4 Å². The van der Waals surface area contributed by atoms with Crippen LogP contribution in [0.4, 0.5) is 0 Å². The number of nitrogens with zero attached hydrogens (tertiary/aromatic N) is 6. The lowest BCUT2D eigenvalue weighted by Gasteiger charge is -2.08. The van der Waals surface area contributed by atoms with Gasteiger partial charge in [-0.1, -0.05) is 43.8 Å². The molecule has 27 heavy (non-hydrogen) atoms. The number of thioether (sulfide) groups is 1. The first-order valence-electron chi connectivity index (χ1n) is 8.60. The maximum absolute atomic E-state index is 12.2. The molecule has 0 radical (unpaired) electrons. The summed E-state index contributed by atoms with van der Waals surface area (Å²) in [6, 6.07) is 15.2. The van der Waals surface area contributed by atoms with Crippen molar-refractivity contribution in [3.63, 3.8) is 0 Å². The van der Waals surface area contributed by atoms with Gasteiger partial charge in [-0.05, 0) is 46.2 Å². The summed E-state index contributed by atoms with van der Waals surface area (Å²) in [4.78, 5) is 16.7. The summed E-state index contributed by atoms with van der Waals surface area (Å²) < 4.78 is 3.22. The van der Waals surface area contributed by atoms with E-state index in [0.29, 0.717) is 28.2 Å². The third-order valence-corrected chi connectivity index (χ3v) is 5.17. The second kappa shape index (κ2) is 7.32. The van der Waals surface area contributed by atoms with E-state index in [1.54, 1.807) is 16.9 Å². The Morgan fingerprint density at radius 3 is 2.70 bits per heavy atom. The molecule has 7 nitrogen and oxygen atoms in total. The minimum atomic E-state index is -0.0972. The zero-order valence-corrected chi connectivity index (χ0v) is 15.8. The highest BCUT2D eigenvalue weighted by Gasteiger charge is 2.11. The Morgan fingerprint density at radius 1 is 1.11 bits per heavy atom. The average molecular weight is 378 g/mol. The number of hydrogen-bond donors (Lipinski definition) is 0. The quantitative estimate of drug-likeness (QED) is 0.497. The van der Waals surface area contributed by atoms with Crippen LogP contribution in [0.5, 0.6) is 0 Å². The molecule has 0 aliphatic rings. The van der Waals surface area contributed by atoms with Gasteiger partial charge in [-0.25, -0.2) is 4.98 Å². The summed E-state index contributed by atoms with van der Waals surface area (Å²) in [6.45, 7) is 4.32. The summed E-state index contributed by atoms with van der Waals surface area (Å²) in [5.41, 5.74) is 3.39. The Bertz CT molecular complexity index is 1130. The summed E-state index contributed by atoms with van der Waals surface area (Å²) in [5.74, 6) is 0.977. The highest BCUT2D eigenvalue weighted by molar-refractivity contribution is 7.98. The van der Waals surface area contributed by atoms with Crippen molar-refractivity contribution < 1.29 is 0 Å². The van der Waals surface area contributed by atoms with E-state index in [1.165, 1.54) is 21.7 Å². The molecule has 0 saturated carbocycles. The molecule has 0 amide bonds. The molecular formula is C19H18N6OS. The van der Waals surface area contributed by atoms with Crippen molar-refractivity contribution in [3.05, 3.63) is 76.3 Å². The number of fused-ring (bicyclic) bond motifs is 1. The van der Waals surface area contributed by atoms with Gasteiger partial charge in [0.05, 0.1) is 11.4 Å². The predicted octanol–water partition coefficient (Wildman–Crippen LogP) is 3.09. The maximum Gasteiger partial charge on any atom is 0.258 e. The highest BCUT2D eigenvalue weighted by atomic mass is 32.2. The van der Waals surface area contributed by atoms with Crippen LogP contribution in [0.25, 0.3) is 11.3 Å². The van der Waals surface area contributed by atoms with Crippen LogP contribution < -0.4 is 5.56 Å². The van der Waals surface area contributed by atoms with Crippen LogP contribution in [0.2, 0.25) is 0 Å². The van der Waals surface area contributed by atoms with E-state index in [2.05, 4.69) is 46.5 Å². The molecule has 4 rings (SSSR count). The van der Waals surface area contributed by atoms with Crippen LogP contribution in [0.15, 0.2) is 64.7 Å². The van der Waals surface area contributed by atoms with Gasteiger partial charge in [0.2, 0.25) is 5.16 Å². The minimum Gasteiger partial charge on any atom is -0.269 e. The molecule has 0 unspecified atom stereocenters. The van der Waals surface area contributed by atoms with Gasteiger partial charge in [0.15, 0.2) is 0 Å². The standard InChI is InChI=1S/C19H18N6OS/c1-13(2)14-6-8-16(9-7-14)25-19(21-22-23-25)27-12-15-11-18(26)24-10-4-3-5-17(24)20-15/h3-11,13H,12H2,1-2H3. The molecule has 0 spiro atoms. The Kier molecular flexibility index (Phi) is 4.72. The van der Waals surface area contributed by atoms with Gasteiger partial charge >= 0.3 is 0 Å². The number of benzene rings is 1. The maximum atomic E-state index is 12.2. The van der Waals surface area contributed by atoms with Crippen LogP contribution in [0.3, 0.4) is 0 Å². The molecule has 4 aromatic rings. The molecule has 0 aliphatic heterocycles. The molecule has 3 aromatic heterocycles. The smallest absolute Gasteiger partial charge is 0.258 e. The Labute approximate surface area is 160 Å². The second-order valence-corrected chi connectivity index (χ2v) is 7.37. The molecule has 8 heteroatoms. The number of rotatable bonds is 5. The first-order chi connectivity index (χ1) is 13.1. The average Bonchev–Trinajstić information content (AvgIpc) is 3.15. The zero-order valence-electron chi connectivity index (χ0n) is 15.0. The third kappa shape index (κ3) is 3.61. The highest BCUT2D eigenvalue weighted by Crippen LogP contribution is 2.23. The lowest BCUT2D eigenvalue weighted by atomic mass is 10.0. The zero-order chi connectivity index (χ0) is 18.8. The van der Waals surface area contributed by atoms with E-state index >= 15 is 0 Å². The number of pyridine rings is 1. The van der Waals surface area contributed by atoms with Crippen LogP contribution in [-0.4, -0.2) is 29.6 Å². The van der Waals surface area contributed by atoms with E-state index in [4.69, 9.17) is 0 Å². The monoisotopic (exact) mass is 378 g/mol. The first kappa shape index (κ1) is 17.4. The third-order valence-electron chi connectivity index (χ3n) is 4.22. The summed E-state index contributed by atoms with van der Waals surface area (Å²) in [5, 5.41) is 12.6. The van der Waals surface area contributed by atoms with E-state index in [0.717, 1.165) is 5.69 Å². The molecule has 0 atom stereocenters. The van der Waals surface area contributed by atoms with Gasteiger partial charge in [-0.2, -0.15) is 4.68 Å². The van der Waals surface area contributed by atoms with Gasteiger partial charge in [-0.15, -0.1) is 5.10 Å². The molecule has 0 bridgehead atoms. The van der Waals surface area contributed by atoms with Gasteiger partial charge in [0, 0.05) is 18.0 Å². The van der Waals surface area contributed by atoms with Crippen molar-refractivity contribution in [2.24, 2.45) is 0 Å². The van der Waals surface area contributed by atoms with Crippen molar-refractivity contribution in [3.8, 4) is 5.69 Å². The van der Waals surface area contributed by atoms with Crippen molar-refractivity contribution in [2.45, 2.75) is 30.7 Å². The second-order valence-electron chi connectivity index (χ2n) is 6.42. The Morgan fingerprint density at radius 2 is 1.93 bits per heavy atom.